The molecule has 2 rings (SSSR count). The molecule has 2 N–H and O–H groups in total. The van der Waals surface area contributed by atoms with Crippen molar-refractivity contribution in [2.24, 2.45) is 0 Å². The number of nitro groups is 1. The Bertz CT molecular complexity index is 647. The van der Waals surface area contributed by atoms with Gasteiger partial charge in [0.2, 0.25) is 5.82 Å². The zero-order valence-electron chi connectivity index (χ0n) is 11.6. The molecule has 0 fully saturated rings. The van der Waals surface area contributed by atoms with Crippen LogP contribution in [0.25, 0.3) is 0 Å². The van der Waals surface area contributed by atoms with Gasteiger partial charge >= 0.3 is 5.69 Å². The predicted octanol–water partition coefficient (Wildman–Crippen LogP) is 4.31. The molecule has 2 aromatic heterocycles. The van der Waals surface area contributed by atoms with E-state index >= 15 is 0 Å². The Hall–Kier alpha value is -1.86. The first kappa shape index (κ1) is 15.5. The SMILES string of the molecule is CCNc1ccc([N+](=O)[O-])c(NC(C)c2ccc(Cl)s2)n1. The fraction of sp³-hybridized carbons (Fsp3) is 0.308. The third-order valence-corrected chi connectivity index (χ3v) is 4.22. The maximum absolute atomic E-state index is 11.1. The first-order chi connectivity index (χ1) is 10.0. The summed E-state index contributed by atoms with van der Waals surface area (Å²) in [5, 5.41) is 17.2. The van der Waals surface area contributed by atoms with Crippen LogP contribution in [0.4, 0.5) is 17.3 Å². The molecule has 2 heterocycles. The van der Waals surface area contributed by atoms with Gasteiger partial charge in [0.1, 0.15) is 5.82 Å². The maximum Gasteiger partial charge on any atom is 0.311 e. The molecule has 0 amide bonds. The van der Waals surface area contributed by atoms with Crippen LogP contribution in [-0.4, -0.2) is 16.5 Å². The number of hydrogen-bond donors (Lipinski definition) is 2. The van der Waals surface area contributed by atoms with E-state index in [1.165, 1.54) is 17.4 Å². The van der Waals surface area contributed by atoms with Gasteiger partial charge in [0.15, 0.2) is 0 Å². The lowest BCUT2D eigenvalue weighted by atomic mass is 10.2. The van der Waals surface area contributed by atoms with Gasteiger partial charge in [0, 0.05) is 17.5 Å². The van der Waals surface area contributed by atoms with Crippen LogP contribution in [0.1, 0.15) is 24.8 Å². The highest BCUT2D eigenvalue weighted by molar-refractivity contribution is 7.16. The molecular formula is C13H15ClN4O2S. The van der Waals surface area contributed by atoms with Gasteiger partial charge in [-0.05, 0) is 32.0 Å². The van der Waals surface area contributed by atoms with Gasteiger partial charge < -0.3 is 10.6 Å². The minimum Gasteiger partial charge on any atom is -0.370 e. The molecule has 1 unspecified atom stereocenters. The van der Waals surface area contributed by atoms with Gasteiger partial charge in [-0.15, -0.1) is 11.3 Å². The van der Waals surface area contributed by atoms with Crippen molar-refractivity contribution in [3.8, 4) is 0 Å². The zero-order valence-corrected chi connectivity index (χ0v) is 13.2. The molecule has 8 heteroatoms. The Balaban J connectivity index is 2.27. The molecule has 0 bridgehead atoms. The van der Waals surface area contributed by atoms with Crippen molar-refractivity contribution in [2.75, 3.05) is 17.2 Å². The highest BCUT2D eigenvalue weighted by Gasteiger charge is 2.19. The zero-order chi connectivity index (χ0) is 15.4. The van der Waals surface area contributed by atoms with Gasteiger partial charge in [-0.3, -0.25) is 10.1 Å². The van der Waals surface area contributed by atoms with E-state index in [0.29, 0.717) is 16.7 Å². The summed E-state index contributed by atoms with van der Waals surface area (Å²) in [4.78, 5) is 15.9. The molecule has 0 aliphatic carbocycles. The topological polar surface area (TPSA) is 80.1 Å². The summed E-state index contributed by atoms with van der Waals surface area (Å²) in [7, 11) is 0. The quantitative estimate of drug-likeness (QED) is 0.610. The number of anilines is 2. The molecular weight excluding hydrogens is 312 g/mol. The molecule has 2 aromatic rings. The van der Waals surface area contributed by atoms with Crippen LogP contribution in [0.3, 0.4) is 0 Å². The first-order valence-electron chi connectivity index (χ1n) is 6.42. The molecule has 0 saturated heterocycles. The molecule has 6 nitrogen and oxygen atoms in total. The van der Waals surface area contributed by atoms with Gasteiger partial charge in [-0.2, -0.15) is 0 Å². The van der Waals surface area contributed by atoms with Crippen LogP contribution in [0, 0.1) is 10.1 Å². The monoisotopic (exact) mass is 326 g/mol. The summed E-state index contributed by atoms with van der Waals surface area (Å²) < 4.78 is 0.683. The normalized spacial score (nSPS) is 12.0. The summed E-state index contributed by atoms with van der Waals surface area (Å²) in [6, 6.07) is 6.62. The molecule has 0 aromatic carbocycles. The summed E-state index contributed by atoms with van der Waals surface area (Å²) in [6.07, 6.45) is 0. The molecule has 0 spiro atoms. The number of hydrogen-bond acceptors (Lipinski definition) is 6. The van der Waals surface area contributed by atoms with Crippen LogP contribution in [0.15, 0.2) is 24.3 Å². The third-order valence-electron chi connectivity index (χ3n) is 2.80. The highest BCUT2D eigenvalue weighted by atomic mass is 35.5. The fourth-order valence-corrected chi connectivity index (χ4v) is 2.89. The Labute approximate surface area is 131 Å². The van der Waals surface area contributed by atoms with Crippen molar-refractivity contribution in [3.05, 3.63) is 43.6 Å². The molecule has 21 heavy (non-hydrogen) atoms. The van der Waals surface area contributed by atoms with E-state index in [4.69, 9.17) is 11.6 Å². The van der Waals surface area contributed by atoms with E-state index in [0.717, 1.165) is 4.88 Å². The number of halogens is 1. The van der Waals surface area contributed by atoms with Crippen LogP contribution in [0.5, 0.6) is 0 Å². The van der Waals surface area contributed by atoms with Gasteiger partial charge in [-0.1, -0.05) is 11.6 Å². The van der Waals surface area contributed by atoms with E-state index in [9.17, 15) is 10.1 Å². The van der Waals surface area contributed by atoms with Crippen LogP contribution in [-0.2, 0) is 0 Å². The molecule has 0 aliphatic rings. The Morgan fingerprint density at radius 1 is 1.43 bits per heavy atom. The number of aromatic nitrogens is 1. The molecule has 112 valence electrons. The first-order valence-corrected chi connectivity index (χ1v) is 7.61. The summed E-state index contributed by atoms with van der Waals surface area (Å²) in [5.74, 6) is 0.845. The Kier molecular flexibility index (Phi) is 4.98. The van der Waals surface area contributed by atoms with Gasteiger partial charge in [-0.25, -0.2) is 4.98 Å². The Morgan fingerprint density at radius 2 is 2.19 bits per heavy atom. The lowest BCUT2D eigenvalue weighted by Gasteiger charge is -2.14. The molecule has 0 saturated carbocycles. The van der Waals surface area contributed by atoms with Gasteiger partial charge in [0.05, 0.1) is 15.3 Å². The van der Waals surface area contributed by atoms with Crippen LogP contribution in [0.2, 0.25) is 4.34 Å². The van der Waals surface area contributed by atoms with E-state index in [1.54, 1.807) is 12.1 Å². The van der Waals surface area contributed by atoms with E-state index in [1.807, 2.05) is 19.9 Å². The van der Waals surface area contributed by atoms with E-state index < -0.39 is 4.92 Å². The number of nitrogens with zero attached hydrogens (tertiary/aromatic N) is 2. The predicted molar refractivity (Wildman–Crippen MR) is 86.4 cm³/mol. The second-order valence-electron chi connectivity index (χ2n) is 4.36. The number of rotatable bonds is 6. The minimum absolute atomic E-state index is 0.0499. The average molecular weight is 327 g/mol. The number of nitrogens with one attached hydrogen (secondary N) is 2. The smallest absolute Gasteiger partial charge is 0.311 e. The lowest BCUT2D eigenvalue weighted by Crippen LogP contribution is -2.10. The largest absolute Gasteiger partial charge is 0.370 e. The van der Waals surface area contributed by atoms with Crippen molar-refractivity contribution in [3.63, 3.8) is 0 Å². The van der Waals surface area contributed by atoms with Gasteiger partial charge in [0.25, 0.3) is 0 Å². The van der Waals surface area contributed by atoms with Crippen molar-refractivity contribution >= 4 is 40.3 Å². The second kappa shape index (κ2) is 6.73. The molecule has 1 atom stereocenters. The van der Waals surface area contributed by atoms with E-state index in [-0.39, 0.29) is 17.5 Å². The number of pyridine rings is 1. The molecule has 0 radical (unpaired) electrons. The van der Waals surface area contributed by atoms with Crippen molar-refractivity contribution < 1.29 is 4.92 Å². The second-order valence-corrected chi connectivity index (χ2v) is 6.11. The standard InChI is InChI=1S/C13H15ClN4O2S/c1-3-15-12-7-4-9(18(19)20)13(17-12)16-8(2)10-5-6-11(14)21-10/h4-8H,3H2,1-2H3,(H2,15,16,17). The van der Waals surface area contributed by atoms with Crippen LogP contribution >= 0.6 is 22.9 Å². The lowest BCUT2D eigenvalue weighted by molar-refractivity contribution is -0.384. The average Bonchev–Trinajstić information content (AvgIpc) is 2.86. The summed E-state index contributed by atoms with van der Waals surface area (Å²) >= 11 is 7.35. The highest BCUT2D eigenvalue weighted by Crippen LogP contribution is 2.31. The maximum atomic E-state index is 11.1. The fourth-order valence-electron chi connectivity index (χ4n) is 1.82. The summed E-state index contributed by atoms with van der Waals surface area (Å²) in [5.41, 5.74) is -0.0499. The van der Waals surface area contributed by atoms with Crippen molar-refractivity contribution in [1.82, 2.24) is 4.98 Å². The minimum atomic E-state index is -0.445. The number of thiophene rings is 1. The van der Waals surface area contributed by atoms with Crippen molar-refractivity contribution in [1.29, 1.82) is 0 Å². The van der Waals surface area contributed by atoms with Crippen LogP contribution < -0.4 is 10.6 Å². The van der Waals surface area contributed by atoms with E-state index in [2.05, 4.69) is 15.6 Å². The molecule has 0 aliphatic heterocycles. The summed E-state index contributed by atoms with van der Waals surface area (Å²) in [6.45, 7) is 4.54. The van der Waals surface area contributed by atoms with Crippen molar-refractivity contribution in [2.45, 2.75) is 19.9 Å². The Morgan fingerprint density at radius 3 is 2.76 bits per heavy atom. The third kappa shape index (κ3) is 3.83.